The van der Waals surface area contributed by atoms with Crippen molar-refractivity contribution >= 4 is 21.7 Å². The number of nitrogens with one attached hydrogen (secondary N) is 1. The molecular weight excluding hydrogens is 354 g/mol. The van der Waals surface area contributed by atoms with Crippen molar-refractivity contribution in [2.75, 3.05) is 42.9 Å². The first-order valence-corrected chi connectivity index (χ1v) is 10.1. The van der Waals surface area contributed by atoms with Crippen LogP contribution in [-0.2, 0) is 17.1 Å². The molecule has 1 saturated heterocycles. The SMILES string of the molecule is CCNc1cc(N2CCN(S(=O)(=O)c3cn(C)c(C)n3)CC2)nc(C)n1. The highest BCUT2D eigenvalue weighted by Gasteiger charge is 2.31. The molecule has 142 valence electrons. The summed E-state index contributed by atoms with van der Waals surface area (Å²) >= 11 is 0. The van der Waals surface area contributed by atoms with Gasteiger partial charge in [0.15, 0.2) is 5.03 Å². The molecule has 1 aliphatic heterocycles. The van der Waals surface area contributed by atoms with Crippen LogP contribution >= 0.6 is 0 Å². The molecule has 1 N–H and O–H groups in total. The fraction of sp³-hybridized carbons (Fsp3) is 0.562. The second kappa shape index (κ2) is 7.20. The van der Waals surface area contributed by atoms with Gasteiger partial charge in [0.1, 0.15) is 23.3 Å². The number of imidazole rings is 1. The van der Waals surface area contributed by atoms with Crippen LogP contribution in [0, 0.1) is 13.8 Å². The fourth-order valence-corrected chi connectivity index (χ4v) is 4.37. The molecule has 10 heteroatoms. The van der Waals surface area contributed by atoms with Gasteiger partial charge in [0.2, 0.25) is 0 Å². The maximum Gasteiger partial charge on any atom is 0.262 e. The maximum absolute atomic E-state index is 12.8. The molecule has 0 atom stereocenters. The number of nitrogens with zero attached hydrogens (tertiary/aromatic N) is 6. The van der Waals surface area contributed by atoms with Gasteiger partial charge in [0.25, 0.3) is 10.0 Å². The van der Waals surface area contributed by atoms with E-state index in [9.17, 15) is 8.42 Å². The van der Waals surface area contributed by atoms with Crippen molar-refractivity contribution in [3.63, 3.8) is 0 Å². The van der Waals surface area contributed by atoms with E-state index in [1.165, 1.54) is 4.31 Å². The van der Waals surface area contributed by atoms with Crippen LogP contribution in [0.25, 0.3) is 0 Å². The lowest BCUT2D eigenvalue weighted by molar-refractivity contribution is 0.382. The van der Waals surface area contributed by atoms with Crippen molar-refractivity contribution in [3.8, 4) is 0 Å². The predicted octanol–water partition coefficient (Wildman–Crippen LogP) is 0.770. The number of aromatic nitrogens is 4. The third-order valence-corrected chi connectivity index (χ3v) is 6.21. The lowest BCUT2D eigenvalue weighted by Crippen LogP contribution is -2.49. The molecule has 0 saturated carbocycles. The largest absolute Gasteiger partial charge is 0.370 e. The van der Waals surface area contributed by atoms with Crippen LogP contribution < -0.4 is 10.2 Å². The Balaban J connectivity index is 1.73. The van der Waals surface area contributed by atoms with Gasteiger partial charge in [-0.3, -0.25) is 0 Å². The molecule has 0 aliphatic carbocycles. The van der Waals surface area contributed by atoms with E-state index in [0.29, 0.717) is 37.8 Å². The van der Waals surface area contributed by atoms with Gasteiger partial charge in [-0.2, -0.15) is 4.31 Å². The van der Waals surface area contributed by atoms with Crippen LogP contribution in [0.4, 0.5) is 11.6 Å². The number of aryl methyl sites for hydroxylation is 3. The summed E-state index contributed by atoms with van der Waals surface area (Å²) in [6, 6.07) is 1.91. The summed E-state index contributed by atoms with van der Waals surface area (Å²) < 4.78 is 28.8. The summed E-state index contributed by atoms with van der Waals surface area (Å²) in [4.78, 5) is 15.1. The van der Waals surface area contributed by atoms with E-state index >= 15 is 0 Å². The second-order valence-corrected chi connectivity index (χ2v) is 8.20. The maximum atomic E-state index is 12.8. The van der Waals surface area contributed by atoms with Gasteiger partial charge in [-0.25, -0.2) is 23.4 Å². The van der Waals surface area contributed by atoms with E-state index in [1.807, 2.05) is 19.9 Å². The van der Waals surface area contributed by atoms with Crippen LogP contribution in [0.15, 0.2) is 17.3 Å². The van der Waals surface area contributed by atoms with E-state index in [-0.39, 0.29) is 5.03 Å². The van der Waals surface area contributed by atoms with E-state index in [2.05, 4.69) is 25.2 Å². The predicted molar refractivity (Wildman–Crippen MR) is 99.8 cm³/mol. The van der Waals surface area contributed by atoms with Gasteiger partial charge in [-0.1, -0.05) is 0 Å². The van der Waals surface area contributed by atoms with Crippen LogP contribution in [0.5, 0.6) is 0 Å². The Hall–Kier alpha value is -2.20. The molecule has 2 aromatic heterocycles. The van der Waals surface area contributed by atoms with Gasteiger partial charge < -0.3 is 14.8 Å². The van der Waals surface area contributed by atoms with E-state index < -0.39 is 10.0 Å². The van der Waals surface area contributed by atoms with E-state index in [4.69, 9.17) is 0 Å². The molecule has 0 amide bonds. The molecule has 1 fully saturated rings. The number of anilines is 2. The summed E-state index contributed by atoms with van der Waals surface area (Å²) in [6.45, 7) is 8.39. The lowest BCUT2D eigenvalue weighted by Gasteiger charge is -2.34. The first-order chi connectivity index (χ1) is 12.3. The average molecular weight is 379 g/mol. The molecule has 0 unspecified atom stereocenters. The molecule has 1 aliphatic rings. The zero-order chi connectivity index (χ0) is 18.9. The third kappa shape index (κ3) is 3.65. The Morgan fingerprint density at radius 1 is 1.12 bits per heavy atom. The molecule has 0 bridgehead atoms. The van der Waals surface area contributed by atoms with Gasteiger partial charge in [0.05, 0.1) is 0 Å². The van der Waals surface area contributed by atoms with Gasteiger partial charge in [-0.15, -0.1) is 0 Å². The quantitative estimate of drug-likeness (QED) is 0.820. The van der Waals surface area contributed by atoms with Crippen LogP contribution in [-0.4, -0.2) is 65.0 Å². The Kier molecular flexibility index (Phi) is 5.15. The summed E-state index contributed by atoms with van der Waals surface area (Å²) in [5.74, 6) is 2.97. The van der Waals surface area contributed by atoms with Gasteiger partial charge >= 0.3 is 0 Å². The minimum atomic E-state index is -3.56. The van der Waals surface area contributed by atoms with Crippen LogP contribution in [0.2, 0.25) is 0 Å². The normalized spacial score (nSPS) is 16.1. The summed E-state index contributed by atoms with van der Waals surface area (Å²) in [5, 5.41) is 3.30. The summed E-state index contributed by atoms with van der Waals surface area (Å²) in [7, 11) is -1.77. The molecule has 0 radical (unpaired) electrons. The highest BCUT2D eigenvalue weighted by atomic mass is 32.2. The number of rotatable bonds is 5. The molecule has 0 spiro atoms. The zero-order valence-corrected chi connectivity index (χ0v) is 16.4. The average Bonchev–Trinajstić information content (AvgIpc) is 2.95. The standard InChI is InChI=1S/C16H25N7O2S/c1-5-17-14-10-15(19-12(2)18-14)22-6-8-23(9-7-22)26(24,25)16-11-21(4)13(3)20-16/h10-11H,5-9H2,1-4H3,(H,17,18,19). The van der Waals surface area contributed by atoms with Crippen molar-refractivity contribution in [2.24, 2.45) is 7.05 Å². The first-order valence-electron chi connectivity index (χ1n) is 8.66. The molecular formula is C16H25N7O2S. The summed E-state index contributed by atoms with van der Waals surface area (Å²) in [6.07, 6.45) is 1.56. The Morgan fingerprint density at radius 3 is 2.38 bits per heavy atom. The molecule has 9 nitrogen and oxygen atoms in total. The molecule has 3 heterocycles. The van der Waals surface area contributed by atoms with Gasteiger partial charge in [-0.05, 0) is 20.8 Å². The molecule has 0 aromatic carbocycles. The topological polar surface area (TPSA) is 96.2 Å². The van der Waals surface area contributed by atoms with E-state index in [1.54, 1.807) is 24.7 Å². The Morgan fingerprint density at radius 2 is 1.81 bits per heavy atom. The number of hydrogen-bond donors (Lipinski definition) is 1. The summed E-state index contributed by atoms with van der Waals surface area (Å²) in [5.41, 5.74) is 0. The third-order valence-electron chi connectivity index (χ3n) is 4.44. The Bertz CT molecular complexity index is 866. The van der Waals surface area contributed by atoms with Crippen molar-refractivity contribution in [3.05, 3.63) is 23.9 Å². The highest BCUT2D eigenvalue weighted by Crippen LogP contribution is 2.21. The van der Waals surface area contributed by atoms with Crippen molar-refractivity contribution < 1.29 is 8.42 Å². The lowest BCUT2D eigenvalue weighted by atomic mass is 10.3. The van der Waals surface area contributed by atoms with E-state index in [0.717, 1.165) is 18.2 Å². The fourth-order valence-electron chi connectivity index (χ4n) is 2.93. The van der Waals surface area contributed by atoms with Crippen molar-refractivity contribution in [1.82, 2.24) is 23.8 Å². The molecule has 2 aromatic rings. The zero-order valence-electron chi connectivity index (χ0n) is 15.6. The minimum absolute atomic E-state index is 0.110. The highest BCUT2D eigenvalue weighted by molar-refractivity contribution is 7.89. The molecule has 3 rings (SSSR count). The van der Waals surface area contributed by atoms with Gasteiger partial charge in [0, 0.05) is 52.0 Å². The van der Waals surface area contributed by atoms with Crippen LogP contribution in [0.1, 0.15) is 18.6 Å². The van der Waals surface area contributed by atoms with Crippen molar-refractivity contribution in [2.45, 2.75) is 25.8 Å². The number of sulfonamides is 1. The second-order valence-electron chi connectivity index (χ2n) is 6.32. The van der Waals surface area contributed by atoms with Crippen molar-refractivity contribution in [1.29, 1.82) is 0 Å². The minimum Gasteiger partial charge on any atom is -0.370 e. The van der Waals surface area contributed by atoms with Crippen LogP contribution in [0.3, 0.4) is 0 Å². The Labute approximate surface area is 154 Å². The monoisotopic (exact) mass is 379 g/mol. The number of piperazine rings is 1. The number of hydrogen-bond acceptors (Lipinski definition) is 7. The molecule has 26 heavy (non-hydrogen) atoms. The first kappa shape index (κ1) is 18.6. The smallest absolute Gasteiger partial charge is 0.262 e.